The first-order valence-corrected chi connectivity index (χ1v) is 4.89. The number of hydrogen-bond acceptors (Lipinski definition) is 2. The van der Waals surface area contributed by atoms with Crippen LogP contribution >= 0.6 is 0 Å². The van der Waals surface area contributed by atoms with Crippen LogP contribution in [0.4, 0.5) is 0 Å². The molecule has 1 aromatic carbocycles. The van der Waals surface area contributed by atoms with Crippen LogP contribution in [0.1, 0.15) is 27.7 Å². The van der Waals surface area contributed by atoms with Crippen molar-refractivity contribution in [3.05, 3.63) is 24.3 Å². The average molecular weight is 204 g/mol. The van der Waals surface area contributed by atoms with Gasteiger partial charge in [0.15, 0.2) is 0 Å². The van der Waals surface area contributed by atoms with Gasteiger partial charge in [0.25, 0.3) is 0 Å². The number of benzene rings is 1. The maximum absolute atomic E-state index is 5.69. The standard InChI is InChI=1S/C13H16O2/c1-5-9-14-11-7-6-8-12(10-11)15-13(2,3)4/h6-8,10H,1-4H3. The lowest BCUT2D eigenvalue weighted by molar-refractivity contribution is 0.130. The quantitative estimate of drug-likeness (QED) is 0.688. The van der Waals surface area contributed by atoms with Gasteiger partial charge in [-0.25, -0.2) is 0 Å². The van der Waals surface area contributed by atoms with Crippen molar-refractivity contribution in [3.63, 3.8) is 0 Å². The Labute approximate surface area is 91.2 Å². The summed E-state index contributed by atoms with van der Waals surface area (Å²) in [7, 11) is 0. The Bertz CT molecular complexity index is 378. The van der Waals surface area contributed by atoms with E-state index in [1.54, 1.807) is 6.92 Å². The molecule has 0 aliphatic carbocycles. The third-order valence-corrected chi connectivity index (χ3v) is 1.50. The summed E-state index contributed by atoms with van der Waals surface area (Å²) in [6, 6.07) is 7.46. The van der Waals surface area contributed by atoms with Crippen molar-refractivity contribution in [2.45, 2.75) is 33.3 Å². The zero-order valence-electron chi connectivity index (χ0n) is 9.63. The highest BCUT2D eigenvalue weighted by Crippen LogP contribution is 2.22. The normalized spacial score (nSPS) is 10.1. The van der Waals surface area contributed by atoms with E-state index in [1.807, 2.05) is 45.0 Å². The van der Waals surface area contributed by atoms with E-state index < -0.39 is 0 Å². The molecule has 0 N–H and O–H groups in total. The Morgan fingerprint density at radius 1 is 1.13 bits per heavy atom. The topological polar surface area (TPSA) is 18.5 Å². The van der Waals surface area contributed by atoms with Gasteiger partial charge in [-0.3, -0.25) is 0 Å². The van der Waals surface area contributed by atoms with Gasteiger partial charge in [0.1, 0.15) is 23.2 Å². The second-order valence-corrected chi connectivity index (χ2v) is 4.14. The van der Waals surface area contributed by atoms with Crippen molar-refractivity contribution < 1.29 is 9.47 Å². The van der Waals surface area contributed by atoms with E-state index in [1.165, 1.54) is 0 Å². The summed E-state index contributed by atoms with van der Waals surface area (Å²) >= 11 is 0. The van der Waals surface area contributed by atoms with Gasteiger partial charge in [0.2, 0.25) is 0 Å². The lowest BCUT2D eigenvalue weighted by Crippen LogP contribution is -2.22. The molecule has 2 nitrogen and oxygen atoms in total. The Morgan fingerprint density at radius 2 is 1.80 bits per heavy atom. The minimum Gasteiger partial charge on any atom is -0.488 e. The van der Waals surface area contributed by atoms with Gasteiger partial charge in [-0.05, 0) is 32.9 Å². The zero-order chi connectivity index (χ0) is 11.3. The molecule has 0 spiro atoms. The SMILES string of the molecule is CC#COc1cccc(OC(C)(C)C)c1. The van der Waals surface area contributed by atoms with Gasteiger partial charge in [-0.1, -0.05) is 12.0 Å². The summed E-state index contributed by atoms with van der Waals surface area (Å²) in [6.45, 7) is 7.75. The van der Waals surface area contributed by atoms with Crippen LogP contribution in [0.3, 0.4) is 0 Å². The highest BCUT2D eigenvalue weighted by molar-refractivity contribution is 5.34. The molecule has 0 bridgehead atoms. The second-order valence-electron chi connectivity index (χ2n) is 4.14. The van der Waals surface area contributed by atoms with E-state index in [9.17, 15) is 0 Å². The molecule has 0 amide bonds. The van der Waals surface area contributed by atoms with Crippen LogP contribution in [-0.4, -0.2) is 5.60 Å². The molecule has 0 fully saturated rings. The van der Waals surface area contributed by atoms with Crippen molar-refractivity contribution >= 4 is 0 Å². The predicted molar refractivity (Wildman–Crippen MR) is 60.9 cm³/mol. The Hall–Kier alpha value is -1.62. The molecule has 80 valence electrons. The number of rotatable bonds is 2. The Balaban J connectivity index is 2.77. The minimum atomic E-state index is -0.199. The van der Waals surface area contributed by atoms with E-state index >= 15 is 0 Å². The molecule has 0 unspecified atom stereocenters. The van der Waals surface area contributed by atoms with E-state index in [2.05, 4.69) is 12.0 Å². The summed E-state index contributed by atoms with van der Waals surface area (Å²) in [4.78, 5) is 0. The van der Waals surface area contributed by atoms with Crippen LogP contribution in [0.2, 0.25) is 0 Å². The van der Waals surface area contributed by atoms with Crippen LogP contribution < -0.4 is 9.47 Å². The van der Waals surface area contributed by atoms with Crippen LogP contribution in [0.25, 0.3) is 0 Å². The first-order valence-electron chi connectivity index (χ1n) is 4.89. The lowest BCUT2D eigenvalue weighted by atomic mass is 10.2. The second kappa shape index (κ2) is 4.75. The number of ether oxygens (including phenoxy) is 2. The van der Waals surface area contributed by atoms with Gasteiger partial charge in [0.05, 0.1) is 0 Å². The molecule has 0 saturated carbocycles. The molecule has 1 rings (SSSR count). The van der Waals surface area contributed by atoms with Crippen LogP contribution in [-0.2, 0) is 0 Å². The fourth-order valence-electron chi connectivity index (χ4n) is 1.06. The monoisotopic (exact) mass is 204 g/mol. The van der Waals surface area contributed by atoms with Gasteiger partial charge in [0, 0.05) is 13.0 Å². The predicted octanol–water partition coefficient (Wildman–Crippen LogP) is 3.22. The van der Waals surface area contributed by atoms with E-state index in [0.717, 1.165) is 5.75 Å². The summed E-state index contributed by atoms with van der Waals surface area (Å²) in [5.74, 6) is 4.16. The molecule has 2 heteroatoms. The molecular weight excluding hydrogens is 188 g/mol. The molecule has 0 aromatic heterocycles. The van der Waals surface area contributed by atoms with E-state index in [0.29, 0.717) is 5.75 Å². The van der Waals surface area contributed by atoms with Gasteiger partial charge in [-0.15, -0.1) is 0 Å². The van der Waals surface area contributed by atoms with Gasteiger partial charge < -0.3 is 9.47 Å². The summed E-state index contributed by atoms with van der Waals surface area (Å²) < 4.78 is 10.9. The van der Waals surface area contributed by atoms with Crippen molar-refractivity contribution in [2.75, 3.05) is 0 Å². The Morgan fingerprint density at radius 3 is 2.40 bits per heavy atom. The molecule has 0 radical (unpaired) electrons. The molecule has 15 heavy (non-hydrogen) atoms. The first-order chi connectivity index (χ1) is 7.01. The summed E-state index contributed by atoms with van der Waals surface area (Å²) in [5, 5.41) is 0. The van der Waals surface area contributed by atoms with Crippen LogP contribution in [0.5, 0.6) is 11.5 Å². The first kappa shape index (κ1) is 11.5. The molecule has 0 saturated heterocycles. The molecule has 0 aliphatic rings. The highest BCUT2D eigenvalue weighted by Gasteiger charge is 2.11. The zero-order valence-corrected chi connectivity index (χ0v) is 9.63. The molecule has 0 atom stereocenters. The van der Waals surface area contributed by atoms with Crippen LogP contribution in [0.15, 0.2) is 24.3 Å². The fraction of sp³-hybridized carbons (Fsp3) is 0.385. The van der Waals surface area contributed by atoms with Gasteiger partial charge in [-0.2, -0.15) is 0 Å². The molecule has 0 aliphatic heterocycles. The van der Waals surface area contributed by atoms with Gasteiger partial charge >= 0.3 is 0 Å². The van der Waals surface area contributed by atoms with Crippen molar-refractivity contribution in [1.82, 2.24) is 0 Å². The van der Waals surface area contributed by atoms with Crippen molar-refractivity contribution in [2.24, 2.45) is 0 Å². The maximum Gasteiger partial charge on any atom is 0.143 e. The number of hydrogen-bond donors (Lipinski definition) is 0. The maximum atomic E-state index is 5.69. The highest BCUT2D eigenvalue weighted by atomic mass is 16.5. The third kappa shape index (κ3) is 4.42. The Kier molecular flexibility index (Phi) is 3.62. The fourth-order valence-corrected chi connectivity index (χ4v) is 1.06. The van der Waals surface area contributed by atoms with Crippen molar-refractivity contribution in [3.8, 4) is 23.5 Å². The summed E-state index contributed by atoms with van der Waals surface area (Å²) in [6.07, 6.45) is 2.55. The molecule has 1 aromatic rings. The molecular formula is C13H16O2. The van der Waals surface area contributed by atoms with E-state index in [4.69, 9.17) is 9.47 Å². The summed E-state index contributed by atoms with van der Waals surface area (Å²) in [5.41, 5.74) is -0.199. The van der Waals surface area contributed by atoms with Crippen LogP contribution in [0, 0.1) is 12.0 Å². The van der Waals surface area contributed by atoms with E-state index in [-0.39, 0.29) is 5.60 Å². The average Bonchev–Trinajstić information content (AvgIpc) is 2.12. The largest absolute Gasteiger partial charge is 0.488 e. The lowest BCUT2D eigenvalue weighted by Gasteiger charge is -2.21. The molecule has 0 heterocycles. The smallest absolute Gasteiger partial charge is 0.143 e. The van der Waals surface area contributed by atoms with Crippen molar-refractivity contribution in [1.29, 1.82) is 0 Å². The minimum absolute atomic E-state index is 0.199. The third-order valence-electron chi connectivity index (χ3n) is 1.50.